The molecule has 7 heteroatoms. The molecular formula is C11H12N2O5. The molecule has 0 atom stereocenters. The Labute approximate surface area is 103 Å². The van der Waals surface area contributed by atoms with Gasteiger partial charge in [0, 0.05) is 17.7 Å². The van der Waals surface area contributed by atoms with E-state index in [0.717, 1.165) is 12.3 Å². The first-order valence-corrected chi connectivity index (χ1v) is 5.11. The first kappa shape index (κ1) is 13.6. The fourth-order valence-corrected chi connectivity index (χ4v) is 1.20. The van der Waals surface area contributed by atoms with Crippen LogP contribution in [0.15, 0.2) is 18.3 Å². The van der Waals surface area contributed by atoms with E-state index in [1.807, 2.05) is 0 Å². The molecule has 7 nitrogen and oxygen atoms in total. The van der Waals surface area contributed by atoms with E-state index >= 15 is 0 Å². The monoisotopic (exact) mass is 252 g/mol. The van der Waals surface area contributed by atoms with E-state index in [0.29, 0.717) is 5.56 Å². The molecule has 96 valence electrons. The van der Waals surface area contributed by atoms with E-state index in [2.05, 4.69) is 4.98 Å². The van der Waals surface area contributed by atoms with Crippen LogP contribution in [0.25, 0.3) is 6.08 Å². The summed E-state index contributed by atoms with van der Waals surface area (Å²) in [5, 5.41) is 10.6. The van der Waals surface area contributed by atoms with E-state index in [-0.39, 0.29) is 18.2 Å². The van der Waals surface area contributed by atoms with Crippen LogP contribution in [0.3, 0.4) is 0 Å². The predicted molar refractivity (Wildman–Crippen MR) is 63.1 cm³/mol. The molecule has 0 N–H and O–H groups in total. The second kappa shape index (κ2) is 6.33. The summed E-state index contributed by atoms with van der Waals surface area (Å²) < 4.78 is 9.63. The van der Waals surface area contributed by atoms with Crippen molar-refractivity contribution in [2.24, 2.45) is 0 Å². The lowest BCUT2D eigenvalue weighted by atomic mass is 10.2. The van der Waals surface area contributed by atoms with Crippen LogP contribution < -0.4 is 4.74 Å². The lowest BCUT2D eigenvalue weighted by molar-refractivity contribution is -0.385. The van der Waals surface area contributed by atoms with Crippen molar-refractivity contribution < 1.29 is 19.2 Å². The highest BCUT2D eigenvalue weighted by Crippen LogP contribution is 2.21. The highest BCUT2D eigenvalue weighted by Gasteiger charge is 2.11. The number of esters is 1. The normalized spacial score (nSPS) is 10.3. The lowest BCUT2D eigenvalue weighted by Crippen LogP contribution is -1.99. The molecule has 1 rings (SSSR count). The smallest absolute Gasteiger partial charge is 0.330 e. The number of aromatic nitrogens is 1. The van der Waals surface area contributed by atoms with Crippen LogP contribution in [-0.2, 0) is 9.53 Å². The predicted octanol–water partition coefficient (Wildman–Crippen LogP) is 1.57. The maximum atomic E-state index is 11.1. The van der Waals surface area contributed by atoms with E-state index < -0.39 is 10.9 Å². The molecule has 0 unspecified atom stereocenters. The molecular weight excluding hydrogens is 240 g/mol. The SMILES string of the molecule is CCOC(=O)C=Cc1cc([N+](=O)[O-])cnc1OC. The van der Waals surface area contributed by atoms with Gasteiger partial charge in [0.1, 0.15) is 6.20 Å². The van der Waals surface area contributed by atoms with Gasteiger partial charge in [0.05, 0.1) is 18.6 Å². The molecule has 0 aliphatic rings. The quantitative estimate of drug-likeness (QED) is 0.342. The van der Waals surface area contributed by atoms with Gasteiger partial charge in [0.25, 0.3) is 5.69 Å². The number of nitrogens with zero attached hydrogens (tertiary/aromatic N) is 2. The summed E-state index contributed by atoms with van der Waals surface area (Å²) in [6, 6.07) is 1.27. The molecule has 0 amide bonds. The van der Waals surface area contributed by atoms with Gasteiger partial charge in [-0.15, -0.1) is 0 Å². The van der Waals surface area contributed by atoms with E-state index in [4.69, 9.17) is 9.47 Å². The summed E-state index contributed by atoms with van der Waals surface area (Å²) in [5.74, 6) is -0.341. The van der Waals surface area contributed by atoms with Gasteiger partial charge in [-0.2, -0.15) is 0 Å². The molecule has 0 radical (unpaired) electrons. The van der Waals surface area contributed by atoms with Gasteiger partial charge < -0.3 is 9.47 Å². The van der Waals surface area contributed by atoms with Crippen LogP contribution in [0.5, 0.6) is 5.88 Å². The van der Waals surface area contributed by atoms with Gasteiger partial charge in [-0.3, -0.25) is 10.1 Å². The molecule has 0 fully saturated rings. The minimum atomic E-state index is -0.575. The molecule has 0 aliphatic carbocycles. The average molecular weight is 252 g/mol. The molecule has 0 spiro atoms. The van der Waals surface area contributed by atoms with Crippen LogP contribution >= 0.6 is 0 Å². The van der Waals surface area contributed by atoms with Crippen molar-refractivity contribution in [3.63, 3.8) is 0 Å². The third kappa shape index (κ3) is 3.55. The molecule has 1 aromatic heterocycles. The van der Waals surface area contributed by atoms with Crippen molar-refractivity contribution in [3.8, 4) is 5.88 Å². The number of carbonyl (C=O) groups is 1. The summed E-state index contributed by atoms with van der Waals surface area (Å²) in [5.41, 5.74) is 0.152. The number of methoxy groups -OCH3 is 1. The number of pyridine rings is 1. The topological polar surface area (TPSA) is 91.6 Å². The Kier molecular flexibility index (Phi) is 4.79. The molecule has 1 aromatic rings. The number of carbonyl (C=O) groups excluding carboxylic acids is 1. The van der Waals surface area contributed by atoms with Crippen LogP contribution in [-0.4, -0.2) is 29.6 Å². The Bertz CT molecular complexity index is 484. The van der Waals surface area contributed by atoms with Gasteiger partial charge in [-0.05, 0) is 13.0 Å². The van der Waals surface area contributed by atoms with Gasteiger partial charge in [-0.1, -0.05) is 0 Å². The zero-order chi connectivity index (χ0) is 13.5. The third-order valence-corrected chi connectivity index (χ3v) is 1.95. The summed E-state index contributed by atoms with van der Waals surface area (Å²) in [7, 11) is 1.38. The zero-order valence-electron chi connectivity index (χ0n) is 9.95. The summed E-state index contributed by atoms with van der Waals surface area (Å²) in [6.07, 6.45) is 3.60. The Morgan fingerprint density at radius 2 is 2.33 bits per heavy atom. The van der Waals surface area contributed by atoms with Crippen LogP contribution in [0.2, 0.25) is 0 Å². The number of rotatable bonds is 5. The second-order valence-electron chi connectivity index (χ2n) is 3.13. The van der Waals surface area contributed by atoms with Crippen molar-refractivity contribution in [2.45, 2.75) is 6.92 Å². The van der Waals surface area contributed by atoms with E-state index in [1.54, 1.807) is 6.92 Å². The summed E-state index contributed by atoms with van der Waals surface area (Å²) >= 11 is 0. The second-order valence-corrected chi connectivity index (χ2v) is 3.13. The number of nitro groups is 1. The van der Waals surface area contributed by atoms with Crippen molar-refractivity contribution in [1.29, 1.82) is 0 Å². The number of hydrogen-bond donors (Lipinski definition) is 0. The number of hydrogen-bond acceptors (Lipinski definition) is 6. The maximum Gasteiger partial charge on any atom is 0.330 e. The molecule has 0 aliphatic heterocycles. The Morgan fingerprint density at radius 1 is 1.61 bits per heavy atom. The van der Waals surface area contributed by atoms with Gasteiger partial charge in [-0.25, -0.2) is 9.78 Å². The Morgan fingerprint density at radius 3 is 2.89 bits per heavy atom. The molecule has 18 heavy (non-hydrogen) atoms. The first-order chi connectivity index (χ1) is 8.58. The van der Waals surface area contributed by atoms with Gasteiger partial charge >= 0.3 is 5.97 Å². The molecule has 0 aromatic carbocycles. The van der Waals surface area contributed by atoms with E-state index in [9.17, 15) is 14.9 Å². The summed E-state index contributed by atoms with van der Waals surface area (Å²) in [4.78, 5) is 24.9. The Balaban J connectivity index is 3.01. The van der Waals surface area contributed by atoms with Gasteiger partial charge in [0.2, 0.25) is 5.88 Å². The van der Waals surface area contributed by atoms with Crippen molar-refractivity contribution >= 4 is 17.7 Å². The number of ether oxygens (including phenoxy) is 2. The van der Waals surface area contributed by atoms with Gasteiger partial charge in [0.15, 0.2) is 0 Å². The van der Waals surface area contributed by atoms with Crippen molar-refractivity contribution in [3.05, 3.63) is 34.0 Å². The Hall–Kier alpha value is -2.44. The average Bonchev–Trinajstić information content (AvgIpc) is 2.36. The fourth-order valence-electron chi connectivity index (χ4n) is 1.20. The first-order valence-electron chi connectivity index (χ1n) is 5.11. The minimum absolute atomic E-state index is 0.181. The highest BCUT2D eigenvalue weighted by molar-refractivity contribution is 5.87. The maximum absolute atomic E-state index is 11.1. The summed E-state index contributed by atoms with van der Waals surface area (Å²) in [6.45, 7) is 1.94. The standard InChI is InChI=1S/C11H12N2O5/c1-3-18-10(14)5-4-8-6-9(13(15)16)7-12-11(8)17-2/h4-7H,3H2,1-2H3. The molecule has 0 saturated carbocycles. The highest BCUT2D eigenvalue weighted by atomic mass is 16.6. The van der Waals surface area contributed by atoms with Crippen LogP contribution in [0.4, 0.5) is 5.69 Å². The third-order valence-electron chi connectivity index (χ3n) is 1.95. The van der Waals surface area contributed by atoms with Crippen LogP contribution in [0.1, 0.15) is 12.5 Å². The van der Waals surface area contributed by atoms with E-state index in [1.165, 1.54) is 19.3 Å². The molecule has 1 heterocycles. The largest absolute Gasteiger partial charge is 0.481 e. The fraction of sp³-hybridized carbons (Fsp3) is 0.273. The molecule has 0 saturated heterocycles. The van der Waals surface area contributed by atoms with Crippen molar-refractivity contribution in [1.82, 2.24) is 4.98 Å². The molecule has 0 bridgehead atoms. The zero-order valence-corrected chi connectivity index (χ0v) is 9.95. The van der Waals surface area contributed by atoms with Crippen molar-refractivity contribution in [2.75, 3.05) is 13.7 Å². The van der Waals surface area contributed by atoms with Crippen LogP contribution in [0, 0.1) is 10.1 Å². The lowest BCUT2D eigenvalue weighted by Gasteiger charge is -2.02. The minimum Gasteiger partial charge on any atom is -0.481 e.